The summed E-state index contributed by atoms with van der Waals surface area (Å²) in [5.74, 6) is 0.828. The van der Waals surface area contributed by atoms with Gasteiger partial charge in [-0.25, -0.2) is 0 Å². The van der Waals surface area contributed by atoms with Crippen LogP contribution < -0.4 is 5.32 Å². The SMILES string of the molecule is c1ccc(C2CC2)c(CNCCn2cccn2)c1. The molecule has 1 aromatic carbocycles. The molecule has 18 heavy (non-hydrogen) atoms. The van der Waals surface area contributed by atoms with Crippen molar-refractivity contribution in [1.82, 2.24) is 15.1 Å². The average Bonchev–Trinajstić information content (AvgIpc) is 3.12. The van der Waals surface area contributed by atoms with Crippen LogP contribution >= 0.6 is 0 Å². The summed E-state index contributed by atoms with van der Waals surface area (Å²) in [6, 6.07) is 10.8. The molecule has 1 aliphatic carbocycles. The maximum atomic E-state index is 4.19. The fourth-order valence-electron chi connectivity index (χ4n) is 2.34. The minimum absolute atomic E-state index is 0.828. The van der Waals surface area contributed by atoms with E-state index in [0.717, 1.165) is 25.6 Å². The van der Waals surface area contributed by atoms with Crippen molar-refractivity contribution in [1.29, 1.82) is 0 Å². The van der Waals surface area contributed by atoms with Crippen LogP contribution in [0.3, 0.4) is 0 Å². The molecule has 0 saturated heterocycles. The van der Waals surface area contributed by atoms with Crippen molar-refractivity contribution in [3.63, 3.8) is 0 Å². The van der Waals surface area contributed by atoms with Crippen molar-refractivity contribution < 1.29 is 0 Å². The van der Waals surface area contributed by atoms with Gasteiger partial charge in [0.05, 0.1) is 6.54 Å². The van der Waals surface area contributed by atoms with E-state index >= 15 is 0 Å². The van der Waals surface area contributed by atoms with E-state index in [1.165, 1.54) is 18.4 Å². The van der Waals surface area contributed by atoms with Crippen molar-refractivity contribution in [2.45, 2.75) is 31.8 Å². The van der Waals surface area contributed by atoms with Crippen molar-refractivity contribution in [2.24, 2.45) is 0 Å². The van der Waals surface area contributed by atoms with E-state index in [0.29, 0.717) is 0 Å². The Morgan fingerprint density at radius 2 is 2.11 bits per heavy atom. The third kappa shape index (κ3) is 2.79. The lowest BCUT2D eigenvalue weighted by Gasteiger charge is -2.10. The Morgan fingerprint density at radius 1 is 1.22 bits per heavy atom. The van der Waals surface area contributed by atoms with Crippen LogP contribution in [0.4, 0.5) is 0 Å². The minimum Gasteiger partial charge on any atom is -0.311 e. The summed E-state index contributed by atoms with van der Waals surface area (Å²) in [6.45, 7) is 2.85. The Hall–Kier alpha value is -1.61. The molecule has 0 atom stereocenters. The van der Waals surface area contributed by atoms with Gasteiger partial charge in [-0.2, -0.15) is 5.10 Å². The zero-order valence-corrected chi connectivity index (χ0v) is 10.5. The number of aromatic nitrogens is 2. The summed E-state index contributed by atoms with van der Waals surface area (Å²) in [7, 11) is 0. The van der Waals surface area contributed by atoms with E-state index in [-0.39, 0.29) is 0 Å². The van der Waals surface area contributed by atoms with E-state index < -0.39 is 0 Å². The van der Waals surface area contributed by atoms with Crippen LogP contribution in [0.2, 0.25) is 0 Å². The first-order valence-corrected chi connectivity index (χ1v) is 6.69. The fraction of sp³-hybridized carbons (Fsp3) is 0.400. The van der Waals surface area contributed by atoms with Gasteiger partial charge in [-0.15, -0.1) is 0 Å². The van der Waals surface area contributed by atoms with E-state index in [1.807, 2.05) is 23.1 Å². The molecule has 1 N–H and O–H groups in total. The number of hydrogen-bond donors (Lipinski definition) is 1. The smallest absolute Gasteiger partial charge is 0.0534 e. The van der Waals surface area contributed by atoms with Crippen LogP contribution in [0.15, 0.2) is 42.7 Å². The van der Waals surface area contributed by atoms with Gasteiger partial charge in [0.1, 0.15) is 0 Å². The van der Waals surface area contributed by atoms with Crippen LogP contribution in [0, 0.1) is 0 Å². The van der Waals surface area contributed by atoms with Crippen LogP contribution in [-0.2, 0) is 13.1 Å². The molecule has 0 radical (unpaired) electrons. The third-order valence-electron chi connectivity index (χ3n) is 3.46. The maximum absolute atomic E-state index is 4.19. The Kier molecular flexibility index (Phi) is 3.42. The molecule has 1 aliphatic rings. The summed E-state index contributed by atoms with van der Waals surface area (Å²) < 4.78 is 1.96. The predicted octanol–water partition coefficient (Wildman–Crippen LogP) is 2.55. The Labute approximate surface area is 108 Å². The van der Waals surface area contributed by atoms with Crippen LogP contribution in [0.1, 0.15) is 29.9 Å². The lowest BCUT2D eigenvalue weighted by atomic mass is 10.0. The highest BCUT2D eigenvalue weighted by Crippen LogP contribution is 2.41. The topological polar surface area (TPSA) is 29.9 Å². The van der Waals surface area contributed by atoms with Gasteiger partial charge in [-0.1, -0.05) is 24.3 Å². The molecule has 0 aliphatic heterocycles. The molecular weight excluding hydrogens is 222 g/mol. The number of nitrogens with one attached hydrogen (secondary N) is 1. The maximum Gasteiger partial charge on any atom is 0.0534 e. The molecule has 3 heteroatoms. The number of nitrogens with zero attached hydrogens (tertiary/aromatic N) is 2. The molecule has 0 amide bonds. The highest BCUT2D eigenvalue weighted by molar-refractivity contribution is 5.33. The molecule has 3 nitrogen and oxygen atoms in total. The second-order valence-electron chi connectivity index (χ2n) is 4.92. The van der Waals surface area contributed by atoms with Crippen molar-refractivity contribution >= 4 is 0 Å². The molecule has 3 rings (SSSR count). The lowest BCUT2D eigenvalue weighted by Crippen LogP contribution is -2.20. The predicted molar refractivity (Wildman–Crippen MR) is 72.4 cm³/mol. The number of rotatable bonds is 6. The second-order valence-corrected chi connectivity index (χ2v) is 4.92. The van der Waals surface area contributed by atoms with Gasteiger partial charge in [0, 0.05) is 25.5 Å². The van der Waals surface area contributed by atoms with Crippen molar-refractivity contribution in [2.75, 3.05) is 6.54 Å². The molecule has 94 valence electrons. The van der Waals surface area contributed by atoms with Gasteiger partial charge in [0.25, 0.3) is 0 Å². The first kappa shape index (κ1) is 11.5. The van der Waals surface area contributed by atoms with E-state index in [2.05, 4.69) is 34.7 Å². The lowest BCUT2D eigenvalue weighted by molar-refractivity contribution is 0.554. The molecule has 1 fully saturated rings. The molecule has 0 spiro atoms. The van der Waals surface area contributed by atoms with E-state index in [1.54, 1.807) is 5.56 Å². The monoisotopic (exact) mass is 241 g/mol. The zero-order valence-electron chi connectivity index (χ0n) is 10.5. The number of benzene rings is 1. The molecule has 0 bridgehead atoms. The first-order valence-electron chi connectivity index (χ1n) is 6.69. The molecule has 1 heterocycles. The first-order chi connectivity index (χ1) is 8.93. The minimum atomic E-state index is 0.828. The normalized spacial score (nSPS) is 14.9. The Morgan fingerprint density at radius 3 is 2.89 bits per heavy atom. The quantitative estimate of drug-likeness (QED) is 0.788. The van der Waals surface area contributed by atoms with Crippen LogP contribution in [0.25, 0.3) is 0 Å². The average molecular weight is 241 g/mol. The molecule has 0 unspecified atom stereocenters. The van der Waals surface area contributed by atoms with Crippen LogP contribution in [0.5, 0.6) is 0 Å². The van der Waals surface area contributed by atoms with Gasteiger partial charge < -0.3 is 5.32 Å². The van der Waals surface area contributed by atoms with Gasteiger partial charge in [0.2, 0.25) is 0 Å². The summed E-state index contributed by atoms with van der Waals surface area (Å²) >= 11 is 0. The van der Waals surface area contributed by atoms with Gasteiger partial charge in [-0.3, -0.25) is 4.68 Å². The Balaban J connectivity index is 1.50. The fourth-order valence-corrected chi connectivity index (χ4v) is 2.34. The van der Waals surface area contributed by atoms with Gasteiger partial charge >= 0.3 is 0 Å². The molecule has 1 saturated carbocycles. The van der Waals surface area contributed by atoms with E-state index in [9.17, 15) is 0 Å². The summed E-state index contributed by atoms with van der Waals surface area (Å²) in [6.07, 6.45) is 6.55. The highest BCUT2D eigenvalue weighted by atomic mass is 15.3. The van der Waals surface area contributed by atoms with Crippen LogP contribution in [-0.4, -0.2) is 16.3 Å². The number of hydrogen-bond acceptors (Lipinski definition) is 2. The molecular formula is C15H19N3. The molecule has 1 aromatic heterocycles. The van der Waals surface area contributed by atoms with Gasteiger partial charge in [-0.05, 0) is 36.0 Å². The molecule has 2 aromatic rings. The zero-order chi connectivity index (χ0) is 12.2. The highest BCUT2D eigenvalue weighted by Gasteiger charge is 2.25. The van der Waals surface area contributed by atoms with Crippen molar-refractivity contribution in [3.8, 4) is 0 Å². The Bertz CT molecular complexity index is 486. The van der Waals surface area contributed by atoms with Crippen molar-refractivity contribution in [3.05, 3.63) is 53.9 Å². The standard InChI is InChI=1S/C15H19N3/c1-2-5-15(13-6-7-13)14(4-1)12-16-9-11-18-10-3-8-17-18/h1-5,8,10,13,16H,6-7,9,11-12H2. The summed E-state index contributed by atoms with van der Waals surface area (Å²) in [4.78, 5) is 0. The second kappa shape index (κ2) is 5.36. The summed E-state index contributed by atoms with van der Waals surface area (Å²) in [5.41, 5.74) is 3.00. The third-order valence-corrected chi connectivity index (χ3v) is 3.46. The van der Waals surface area contributed by atoms with E-state index in [4.69, 9.17) is 0 Å². The summed E-state index contributed by atoms with van der Waals surface area (Å²) in [5, 5.41) is 7.70. The largest absolute Gasteiger partial charge is 0.311 e. The van der Waals surface area contributed by atoms with Gasteiger partial charge in [0.15, 0.2) is 0 Å².